The summed E-state index contributed by atoms with van der Waals surface area (Å²) in [7, 11) is 0. The van der Waals surface area contributed by atoms with E-state index >= 15 is 0 Å². The van der Waals surface area contributed by atoms with Crippen molar-refractivity contribution in [3.8, 4) is 17.2 Å². The molecule has 2 atom stereocenters. The van der Waals surface area contributed by atoms with Gasteiger partial charge in [0.25, 0.3) is 17.7 Å². The summed E-state index contributed by atoms with van der Waals surface area (Å²) >= 11 is 14.1. The van der Waals surface area contributed by atoms with Crippen LogP contribution in [0.5, 0.6) is 17.2 Å². The summed E-state index contributed by atoms with van der Waals surface area (Å²) in [4.78, 5) is 36.8. The number of nitrogens with one attached hydrogen (secondary N) is 2. The Kier molecular flexibility index (Phi) is 13.1. The number of halogens is 3. The van der Waals surface area contributed by atoms with Gasteiger partial charge in [0.2, 0.25) is 0 Å². The molecular weight excluding hydrogens is 662 g/mol. The van der Waals surface area contributed by atoms with E-state index in [4.69, 9.17) is 43.1 Å². The minimum atomic E-state index is -0.927. The van der Waals surface area contributed by atoms with E-state index in [9.17, 15) is 14.4 Å². The van der Waals surface area contributed by atoms with Crippen molar-refractivity contribution in [2.75, 3.05) is 13.2 Å². The molecule has 0 heterocycles. The van der Waals surface area contributed by atoms with Crippen molar-refractivity contribution in [1.29, 1.82) is 0 Å². The van der Waals surface area contributed by atoms with Crippen molar-refractivity contribution in [2.24, 2.45) is 16.8 Å². The summed E-state index contributed by atoms with van der Waals surface area (Å²) in [5, 5.41) is 7.47. The first kappa shape index (κ1) is 32.4. The van der Waals surface area contributed by atoms with Crippen LogP contribution >= 0.6 is 45.8 Å². The number of hydrazone groups is 1. The summed E-state index contributed by atoms with van der Waals surface area (Å²) < 4.78 is 17.4. The van der Waals surface area contributed by atoms with Gasteiger partial charge in [0.15, 0.2) is 24.2 Å². The van der Waals surface area contributed by atoms with E-state index in [1.807, 2.05) is 43.4 Å². The van der Waals surface area contributed by atoms with E-state index in [-0.39, 0.29) is 17.5 Å². The van der Waals surface area contributed by atoms with E-state index in [0.717, 1.165) is 0 Å². The highest BCUT2D eigenvalue weighted by atomic mass is 127. The fourth-order valence-electron chi connectivity index (χ4n) is 3.26. The standard InChI is InChI=1S/C26H31Cl2IN4O6/c1-5-37-22-10-16(9-19(29)24(22)38-13-23(30)34)12-31-33-26(36)20(8-14(2)3)32-25(35)15(4)39-21-7-6-17(27)11-18(21)28/h6-7,9-12,14-15,20H,5,8,13H2,1-4H3,(H2,30,34)(H,32,35)(H,33,36)/b31-12-/t15-,20+/m0/s1. The Morgan fingerprint density at radius 2 is 1.79 bits per heavy atom. The summed E-state index contributed by atoms with van der Waals surface area (Å²) in [5.41, 5.74) is 8.26. The smallest absolute Gasteiger partial charge is 0.262 e. The van der Waals surface area contributed by atoms with Gasteiger partial charge in [-0.3, -0.25) is 14.4 Å². The van der Waals surface area contributed by atoms with Gasteiger partial charge in [-0.25, -0.2) is 5.43 Å². The lowest BCUT2D eigenvalue weighted by Gasteiger charge is -2.22. The number of nitrogens with zero attached hydrogens (tertiary/aromatic N) is 1. The first-order valence-corrected chi connectivity index (χ1v) is 13.9. The predicted molar refractivity (Wildman–Crippen MR) is 159 cm³/mol. The number of benzene rings is 2. The van der Waals surface area contributed by atoms with Gasteiger partial charge >= 0.3 is 0 Å². The normalized spacial score (nSPS) is 12.6. The quantitative estimate of drug-likeness (QED) is 0.153. The number of carbonyl (C=O) groups excluding carboxylic acids is 3. The monoisotopic (exact) mass is 692 g/mol. The number of primary amides is 1. The lowest BCUT2D eigenvalue weighted by atomic mass is 10.0. The minimum Gasteiger partial charge on any atom is -0.490 e. The zero-order valence-corrected chi connectivity index (χ0v) is 25.6. The maximum atomic E-state index is 12.9. The van der Waals surface area contributed by atoms with Crippen LogP contribution in [0.25, 0.3) is 0 Å². The summed E-state index contributed by atoms with van der Waals surface area (Å²) in [5.74, 6) is -0.411. The van der Waals surface area contributed by atoms with E-state index in [0.29, 0.717) is 44.4 Å². The molecular formula is C26H31Cl2IN4O6. The number of hydrogen-bond donors (Lipinski definition) is 3. The molecule has 0 fully saturated rings. The van der Waals surface area contributed by atoms with Crippen molar-refractivity contribution >= 4 is 69.7 Å². The SMILES string of the molecule is CCOc1cc(/C=N\NC(=O)[C@@H](CC(C)C)NC(=O)[C@H](C)Oc2ccc(Cl)cc2Cl)cc(I)c1OCC(N)=O. The Morgan fingerprint density at radius 3 is 2.41 bits per heavy atom. The molecule has 39 heavy (non-hydrogen) atoms. The molecule has 212 valence electrons. The Balaban J connectivity index is 2.09. The van der Waals surface area contributed by atoms with Crippen LogP contribution in [0.15, 0.2) is 35.4 Å². The maximum Gasteiger partial charge on any atom is 0.262 e. The molecule has 0 aliphatic heterocycles. The first-order chi connectivity index (χ1) is 18.4. The van der Waals surface area contributed by atoms with Crippen LogP contribution < -0.4 is 30.7 Å². The number of ether oxygens (including phenoxy) is 3. The number of amides is 3. The van der Waals surface area contributed by atoms with Gasteiger partial charge in [0.05, 0.1) is 21.4 Å². The summed E-state index contributed by atoms with van der Waals surface area (Å²) in [6, 6.07) is 7.21. The van der Waals surface area contributed by atoms with E-state index in [1.165, 1.54) is 12.3 Å². The van der Waals surface area contributed by atoms with Crippen LogP contribution in [-0.2, 0) is 14.4 Å². The molecule has 0 saturated carbocycles. The third-order valence-electron chi connectivity index (χ3n) is 4.99. The van der Waals surface area contributed by atoms with Gasteiger partial charge in [-0.05, 0) is 84.7 Å². The fraction of sp³-hybridized carbons (Fsp3) is 0.385. The largest absolute Gasteiger partial charge is 0.490 e. The van der Waals surface area contributed by atoms with Gasteiger partial charge in [-0.2, -0.15) is 5.10 Å². The highest BCUT2D eigenvalue weighted by Gasteiger charge is 2.25. The predicted octanol–water partition coefficient (Wildman–Crippen LogP) is 4.31. The van der Waals surface area contributed by atoms with Crippen molar-refractivity contribution in [2.45, 2.75) is 46.3 Å². The summed E-state index contributed by atoms with van der Waals surface area (Å²) in [6.45, 7) is 7.30. The molecule has 3 amide bonds. The van der Waals surface area contributed by atoms with E-state index < -0.39 is 29.9 Å². The van der Waals surface area contributed by atoms with Crippen LogP contribution in [0, 0.1) is 9.49 Å². The molecule has 0 aliphatic rings. The average Bonchev–Trinajstić information content (AvgIpc) is 2.84. The van der Waals surface area contributed by atoms with E-state index in [2.05, 4.69) is 15.8 Å². The number of rotatable bonds is 14. The van der Waals surface area contributed by atoms with Crippen molar-refractivity contribution in [1.82, 2.24) is 10.7 Å². The lowest BCUT2D eigenvalue weighted by molar-refractivity contribution is -0.132. The molecule has 2 aromatic carbocycles. The molecule has 4 N–H and O–H groups in total. The highest BCUT2D eigenvalue weighted by molar-refractivity contribution is 14.1. The second-order valence-electron chi connectivity index (χ2n) is 8.78. The van der Waals surface area contributed by atoms with Crippen LogP contribution in [0.2, 0.25) is 10.0 Å². The molecule has 0 bridgehead atoms. The molecule has 0 radical (unpaired) electrons. The Hall–Kier alpha value is -2.77. The fourth-order valence-corrected chi connectivity index (χ4v) is 4.50. The molecule has 10 nitrogen and oxygen atoms in total. The molecule has 0 unspecified atom stereocenters. The topological polar surface area (TPSA) is 141 Å². The number of nitrogens with two attached hydrogens (primary N) is 1. The zero-order valence-electron chi connectivity index (χ0n) is 21.9. The Bertz CT molecular complexity index is 1210. The number of hydrogen-bond acceptors (Lipinski definition) is 7. The molecule has 0 spiro atoms. The van der Waals surface area contributed by atoms with Crippen molar-refractivity contribution in [3.63, 3.8) is 0 Å². The van der Waals surface area contributed by atoms with Gasteiger partial charge in [-0.1, -0.05) is 37.0 Å². The van der Waals surface area contributed by atoms with Crippen LogP contribution in [-0.4, -0.2) is 49.3 Å². The van der Waals surface area contributed by atoms with Gasteiger partial charge in [-0.15, -0.1) is 0 Å². The molecule has 0 aromatic heterocycles. The van der Waals surface area contributed by atoms with Gasteiger partial charge < -0.3 is 25.3 Å². The third-order valence-corrected chi connectivity index (χ3v) is 6.32. The van der Waals surface area contributed by atoms with Crippen molar-refractivity contribution in [3.05, 3.63) is 49.5 Å². The van der Waals surface area contributed by atoms with Crippen LogP contribution in [0.1, 0.15) is 39.7 Å². The van der Waals surface area contributed by atoms with Crippen LogP contribution in [0.3, 0.4) is 0 Å². The lowest BCUT2D eigenvalue weighted by Crippen LogP contribution is -2.49. The highest BCUT2D eigenvalue weighted by Crippen LogP contribution is 2.34. The second-order valence-corrected chi connectivity index (χ2v) is 10.8. The molecule has 0 aliphatic carbocycles. The summed E-state index contributed by atoms with van der Waals surface area (Å²) in [6.07, 6.45) is 0.881. The second kappa shape index (κ2) is 15.7. The molecule has 2 aromatic rings. The zero-order chi connectivity index (χ0) is 29.1. The molecule has 2 rings (SSSR count). The maximum absolute atomic E-state index is 12.9. The van der Waals surface area contributed by atoms with E-state index in [1.54, 1.807) is 31.2 Å². The van der Waals surface area contributed by atoms with Crippen molar-refractivity contribution < 1.29 is 28.6 Å². The Morgan fingerprint density at radius 1 is 1.08 bits per heavy atom. The molecule has 0 saturated heterocycles. The number of carbonyl (C=O) groups is 3. The average molecular weight is 693 g/mol. The Labute approximate surface area is 251 Å². The third kappa shape index (κ3) is 10.7. The minimum absolute atomic E-state index is 0.107. The van der Waals surface area contributed by atoms with Gasteiger partial charge in [0.1, 0.15) is 11.8 Å². The first-order valence-electron chi connectivity index (χ1n) is 12.0. The molecule has 13 heteroatoms. The van der Waals surface area contributed by atoms with Crippen LogP contribution in [0.4, 0.5) is 0 Å². The van der Waals surface area contributed by atoms with Gasteiger partial charge in [0, 0.05) is 5.02 Å².